The molecule has 6 rings (SSSR count). The maximum atomic E-state index is 9.23. The Morgan fingerprint density at radius 2 is 0.807 bits per heavy atom. The average molecular weight is 775 g/mol. The lowest BCUT2D eigenvalue weighted by Gasteiger charge is -2.18. The molecule has 4 aliphatic rings. The quantitative estimate of drug-likeness (QED) is 0.0997. The van der Waals surface area contributed by atoms with Crippen LogP contribution in [0, 0.1) is 78.9 Å². The Morgan fingerprint density at radius 3 is 1.18 bits per heavy atom. The minimum Gasteiger partial charge on any atom is -0.198 e. The zero-order valence-electron chi connectivity index (χ0n) is 38.9. The van der Waals surface area contributed by atoms with E-state index in [2.05, 4.69) is 78.8 Å². The van der Waals surface area contributed by atoms with Crippen LogP contribution in [0.4, 0.5) is 0 Å². The van der Waals surface area contributed by atoms with Gasteiger partial charge in [-0.05, 0) is 224 Å². The molecule has 2 nitrogen and oxygen atoms in total. The molecule has 0 aromatic heterocycles. The van der Waals surface area contributed by atoms with Gasteiger partial charge in [-0.25, -0.2) is 0 Å². The monoisotopic (exact) mass is 775 g/mol. The molecule has 0 saturated heterocycles. The van der Waals surface area contributed by atoms with Crippen molar-refractivity contribution in [2.75, 3.05) is 0 Å². The van der Waals surface area contributed by atoms with Crippen molar-refractivity contribution < 1.29 is 0 Å². The summed E-state index contributed by atoms with van der Waals surface area (Å²) in [4.78, 5) is 0. The summed E-state index contributed by atoms with van der Waals surface area (Å²) in [6.07, 6.45) is 36.4. The summed E-state index contributed by atoms with van der Waals surface area (Å²) in [5.41, 5.74) is 15.6. The third-order valence-corrected chi connectivity index (χ3v) is 15.3. The SMILES string of the molecule is CC.Cc1cc(CCCCCC2(C#N)CC2)c(CCCCCC2(C)CC2)c(C)c1C.Cc1ccc(C)c(CCCCCC2(C#N)CC2)c1CCCCCC1(C)CC1. The smallest absolute Gasteiger partial charge is 0.0689 e. The van der Waals surface area contributed by atoms with E-state index in [9.17, 15) is 10.5 Å². The van der Waals surface area contributed by atoms with Crippen LogP contribution in [0.1, 0.15) is 232 Å². The van der Waals surface area contributed by atoms with Gasteiger partial charge in [0.2, 0.25) is 0 Å². The fourth-order valence-corrected chi connectivity index (χ4v) is 9.44. The van der Waals surface area contributed by atoms with Crippen molar-refractivity contribution in [2.24, 2.45) is 21.7 Å². The highest BCUT2D eigenvalue weighted by atomic mass is 14.5. The number of hydrogen-bond donors (Lipinski definition) is 0. The Hall–Kier alpha value is -2.58. The molecule has 0 atom stereocenters. The predicted octanol–water partition coefficient (Wildman–Crippen LogP) is 16.6. The van der Waals surface area contributed by atoms with Gasteiger partial charge in [-0.1, -0.05) is 97.3 Å². The van der Waals surface area contributed by atoms with Crippen molar-refractivity contribution in [3.63, 3.8) is 0 Å². The van der Waals surface area contributed by atoms with E-state index in [1.807, 2.05) is 13.8 Å². The highest BCUT2D eigenvalue weighted by molar-refractivity contribution is 5.45. The van der Waals surface area contributed by atoms with E-state index in [-0.39, 0.29) is 10.8 Å². The molecule has 4 aliphatic carbocycles. The van der Waals surface area contributed by atoms with Crippen LogP contribution >= 0.6 is 0 Å². The Balaban J connectivity index is 0.000000242. The van der Waals surface area contributed by atoms with Gasteiger partial charge >= 0.3 is 0 Å². The Bertz CT molecular complexity index is 1630. The predicted molar refractivity (Wildman–Crippen MR) is 246 cm³/mol. The second kappa shape index (κ2) is 22.1. The van der Waals surface area contributed by atoms with Crippen molar-refractivity contribution in [2.45, 2.75) is 242 Å². The van der Waals surface area contributed by atoms with E-state index in [0.717, 1.165) is 43.9 Å². The van der Waals surface area contributed by atoms with Gasteiger partial charge in [0.1, 0.15) is 0 Å². The number of nitrogens with zero attached hydrogens (tertiary/aromatic N) is 2. The standard InChI is InChI=1S/C27H41N.C26H39N.C2H6/c1-21-19-24(11-7-5-10-14-27(20-28)17-18-27)25(23(3)22(21)2)12-8-6-9-13-26(4)15-16-26;1-21-12-13-22(2)24(11-7-5-9-15-26(20-27)18-19-26)23(21)10-6-4-8-14-25(3)16-17-25;1-2/h19H,5-18H2,1-4H3;12-13H,4-11,14-19H2,1-3H3;1-2H3. The molecule has 0 heterocycles. The first-order chi connectivity index (χ1) is 27.4. The van der Waals surface area contributed by atoms with Gasteiger partial charge in [0.15, 0.2) is 0 Å². The molecule has 0 unspecified atom stereocenters. The Kier molecular flexibility index (Phi) is 18.3. The number of unbranched alkanes of at least 4 members (excludes halogenated alkanes) is 8. The maximum absolute atomic E-state index is 9.23. The molecule has 2 aromatic rings. The topological polar surface area (TPSA) is 47.6 Å². The second-order valence-electron chi connectivity index (χ2n) is 20.4. The van der Waals surface area contributed by atoms with Crippen LogP contribution in [0.5, 0.6) is 0 Å². The molecule has 316 valence electrons. The third kappa shape index (κ3) is 15.2. The summed E-state index contributed by atoms with van der Waals surface area (Å²) in [7, 11) is 0. The van der Waals surface area contributed by atoms with Crippen LogP contribution < -0.4 is 0 Å². The van der Waals surface area contributed by atoms with Crippen molar-refractivity contribution in [3.8, 4) is 12.1 Å². The van der Waals surface area contributed by atoms with Crippen molar-refractivity contribution in [1.29, 1.82) is 10.5 Å². The summed E-state index contributed by atoms with van der Waals surface area (Å²) >= 11 is 0. The zero-order chi connectivity index (χ0) is 41.5. The zero-order valence-corrected chi connectivity index (χ0v) is 38.9. The molecule has 0 amide bonds. The molecule has 0 N–H and O–H groups in total. The Morgan fingerprint density at radius 1 is 0.439 bits per heavy atom. The van der Waals surface area contributed by atoms with Gasteiger partial charge in [-0.2, -0.15) is 10.5 Å². The third-order valence-electron chi connectivity index (χ3n) is 15.3. The van der Waals surface area contributed by atoms with Crippen LogP contribution in [0.25, 0.3) is 0 Å². The normalized spacial score (nSPS) is 18.2. The number of nitriles is 2. The first kappa shape index (κ1) is 47.1. The fraction of sp³-hybridized carbons (Fsp3) is 0.745. The second-order valence-corrected chi connectivity index (χ2v) is 20.4. The van der Waals surface area contributed by atoms with E-state index in [1.165, 1.54) is 164 Å². The van der Waals surface area contributed by atoms with Crippen LogP contribution in [0.2, 0.25) is 0 Å². The summed E-state index contributed by atoms with van der Waals surface area (Å²) in [6, 6.07) is 12.2. The van der Waals surface area contributed by atoms with Crippen LogP contribution in [-0.2, 0) is 25.7 Å². The summed E-state index contributed by atoms with van der Waals surface area (Å²) in [6.45, 7) is 20.4. The summed E-state index contributed by atoms with van der Waals surface area (Å²) in [5, 5.41) is 18.4. The molecule has 4 saturated carbocycles. The first-order valence-electron chi connectivity index (χ1n) is 24.3. The van der Waals surface area contributed by atoms with E-state index in [1.54, 1.807) is 27.8 Å². The highest BCUT2D eigenvalue weighted by Gasteiger charge is 2.42. The lowest BCUT2D eigenvalue weighted by molar-refractivity contribution is 0.475. The molecule has 0 aliphatic heterocycles. The molecule has 4 fully saturated rings. The molecule has 0 bridgehead atoms. The van der Waals surface area contributed by atoms with Gasteiger partial charge in [-0.3, -0.25) is 0 Å². The van der Waals surface area contributed by atoms with Crippen LogP contribution in [-0.4, -0.2) is 0 Å². The highest BCUT2D eigenvalue weighted by Crippen LogP contribution is 2.51. The van der Waals surface area contributed by atoms with Crippen LogP contribution in [0.3, 0.4) is 0 Å². The lowest BCUT2D eigenvalue weighted by Crippen LogP contribution is -2.03. The van der Waals surface area contributed by atoms with Crippen LogP contribution in [0.15, 0.2) is 18.2 Å². The minimum atomic E-state index is 0.0831. The van der Waals surface area contributed by atoms with Gasteiger partial charge < -0.3 is 0 Å². The number of benzene rings is 2. The molecule has 2 aromatic carbocycles. The van der Waals surface area contributed by atoms with Crippen molar-refractivity contribution in [3.05, 3.63) is 68.3 Å². The van der Waals surface area contributed by atoms with Gasteiger partial charge in [0.05, 0.1) is 23.0 Å². The van der Waals surface area contributed by atoms with E-state index in [0.29, 0.717) is 5.41 Å². The maximum Gasteiger partial charge on any atom is 0.0689 e. The Labute approximate surface area is 353 Å². The number of aryl methyl sites for hydroxylation is 4. The van der Waals surface area contributed by atoms with E-state index >= 15 is 0 Å². The van der Waals surface area contributed by atoms with E-state index < -0.39 is 0 Å². The molecule has 57 heavy (non-hydrogen) atoms. The van der Waals surface area contributed by atoms with Crippen molar-refractivity contribution in [1.82, 2.24) is 0 Å². The molecule has 0 radical (unpaired) electrons. The summed E-state index contributed by atoms with van der Waals surface area (Å²) in [5.74, 6) is 0. The van der Waals surface area contributed by atoms with Gasteiger partial charge in [0, 0.05) is 0 Å². The van der Waals surface area contributed by atoms with E-state index in [4.69, 9.17) is 0 Å². The average Bonchev–Trinajstić information content (AvgIpc) is 4.02. The molecule has 2 heteroatoms. The molecular formula is C55H86N2. The van der Waals surface area contributed by atoms with Crippen molar-refractivity contribution >= 4 is 0 Å². The largest absolute Gasteiger partial charge is 0.198 e. The van der Waals surface area contributed by atoms with Gasteiger partial charge in [-0.15, -0.1) is 0 Å². The fourth-order valence-electron chi connectivity index (χ4n) is 9.44. The number of hydrogen-bond acceptors (Lipinski definition) is 2. The van der Waals surface area contributed by atoms with Gasteiger partial charge in [0.25, 0.3) is 0 Å². The first-order valence-corrected chi connectivity index (χ1v) is 24.3. The summed E-state index contributed by atoms with van der Waals surface area (Å²) < 4.78 is 0. The molecule has 0 spiro atoms. The number of rotatable bonds is 24. The minimum absolute atomic E-state index is 0.0831. The lowest BCUT2D eigenvalue weighted by atomic mass is 9.88. The molecular weight excluding hydrogens is 689 g/mol.